The molecule has 0 unspecified atom stereocenters. The fraction of sp³-hybridized carbons (Fsp3) is 0.500. The van der Waals surface area contributed by atoms with E-state index in [4.69, 9.17) is 17.3 Å². The van der Waals surface area contributed by atoms with E-state index in [1.54, 1.807) is 11.9 Å². The van der Waals surface area contributed by atoms with Crippen LogP contribution in [0.4, 0.5) is 5.69 Å². The molecule has 1 rings (SSSR count). The van der Waals surface area contributed by atoms with Crippen LogP contribution in [0, 0.1) is 0 Å². The molecule has 8 heteroatoms. The number of hydrogen-bond acceptors (Lipinski definition) is 6. The van der Waals surface area contributed by atoms with Gasteiger partial charge in [-0.05, 0) is 0 Å². The van der Waals surface area contributed by atoms with E-state index < -0.39 is 11.5 Å². The first-order chi connectivity index (χ1) is 8.51. The number of likely N-dealkylation sites (N-methyl/N-ethyl adjacent to an activating group) is 1. The van der Waals surface area contributed by atoms with Crippen LogP contribution in [0.25, 0.3) is 0 Å². The quantitative estimate of drug-likeness (QED) is 0.726. The normalized spacial score (nSPS) is 10.2. The molecule has 0 spiro atoms. The monoisotopic (exact) mass is 274 g/mol. The fourth-order valence-corrected chi connectivity index (χ4v) is 1.63. The van der Waals surface area contributed by atoms with Crippen molar-refractivity contribution in [3.05, 3.63) is 21.6 Å². The van der Waals surface area contributed by atoms with Gasteiger partial charge in [0.1, 0.15) is 11.6 Å². The molecule has 0 amide bonds. The standard InChI is InChI=1S/C10H15ClN4O3/c1-14(4-3-12)7-5-13-15(6-8(16)18-2)10(17)9(7)11/h5H,3-4,6,12H2,1-2H3. The van der Waals surface area contributed by atoms with Crippen LogP contribution in [0.5, 0.6) is 0 Å². The molecule has 2 N–H and O–H groups in total. The highest BCUT2D eigenvalue weighted by Gasteiger charge is 2.14. The van der Waals surface area contributed by atoms with E-state index >= 15 is 0 Å². The Bertz CT molecular complexity index is 489. The number of ether oxygens (including phenoxy) is 1. The third-order valence-electron chi connectivity index (χ3n) is 2.35. The lowest BCUT2D eigenvalue weighted by molar-refractivity contribution is -0.141. The van der Waals surface area contributed by atoms with E-state index in [0.717, 1.165) is 4.68 Å². The molecule has 0 fully saturated rings. The molecule has 1 heterocycles. The summed E-state index contributed by atoms with van der Waals surface area (Å²) in [5.41, 5.74) is 5.36. The minimum absolute atomic E-state index is 0.00449. The summed E-state index contributed by atoms with van der Waals surface area (Å²) in [5, 5.41) is 3.87. The minimum atomic E-state index is -0.566. The van der Waals surface area contributed by atoms with Crippen molar-refractivity contribution < 1.29 is 9.53 Å². The van der Waals surface area contributed by atoms with Crippen LogP contribution in [0.3, 0.4) is 0 Å². The second-order valence-corrected chi connectivity index (χ2v) is 3.97. The first-order valence-electron chi connectivity index (χ1n) is 5.25. The topological polar surface area (TPSA) is 90.5 Å². The summed E-state index contributed by atoms with van der Waals surface area (Å²) >= 11 is 5.95. The van der Waals surface area contributed by atoms with E-state index in [1.807, 2.05) is 0 Å². The Hall–Kier alpha value is -1.60. The number of anilines is 1. The smallest absolute Gasteiger partial charge is 0.327 e. The largest absolute Gasteiger partial charge is 0.468 e. The highest BCUT2D eigenvalue weighted by atomic mass is 35.5. The zero-order chi connectivity index (χ0) is 13.7. The van der Waals surface area contributed by atoms with Gasteiger partial charge in [0.15, 0.2) is 0 Å². The van der Waals surface area contributed by atoms with Crippen molar-refractivity contribution in [2.75, 3.05) is 32.1 Å². The Morgan fingerprint density at radius 2 is 2.33 bits per heavy atom. The van der Waals surface area contributed by atoms with E-state index in [-0.39, 0.29) is 11.6 Å². The van der Waals surface area contributed by atoms with Gasteiger partial charge >= 0.3 is 5.97 Å². The molecule has 7 nitrogen and oxygen atoms in total. The lowest BCUT2D eigenvalue weighted by Crippen LogP contribution is -2.31. The van der Waals surface area contributed by atoms with Crippen molar-refractivity contribution in [2.24, 2.45) is 5.73 Å². The van der Waals surface area contributed by atoms with Crippen molar-refractivity contribution in [2.45, 2.75) is 6.54 Å². The number of esters is 1. The van der Waals surface area contributed by atoms with Crippen LogP contribution in [0.1, 0.15) is 0 Å². The Kier molecular flexibility index (Phi) is 5.11. The molecule has 18 heavy (non-hydrogen) atoms. The van der Waals surface area contributed by atoms with Gasteiger partial charge in [0.05, 0.1) is 19.0 Å². The highest BCUT2D eigenvalue weighted by Crippen LogP contribution is 2.18. The predicted molar refractivity (Wildman–Crippen MR) is 67.8 cm³/mol. The molecule has 0 aliphatic carbocycles. The average Bonchev–Trinajstić information content (AvgIpc) is 2.35. The maximum atomic E-state index is 11.9. The number of nitrogens with two attached hydrogens (primary N) is 1. The zero-order valence-corrected chi connectivity index (χ0v) is 11.0. The molecular formula is C10H15ClN4O3. The van der Waals surface area contributed by atoms with Crippen LogP contribution in [-0.4, -0.2) is 43.0 Å². The van der Waals surface area contributed by atoms with Crippen LogP contribution in [0.15, 0.2) is 11.0 Å². The number of methoxy groups -OCH3 is 1. The van der Waals surface area contributed by atoms with Crippen molar-refractivity contribution >= 4 is 23.3 Å². The van der Waals surface area contributed by atoms with Gasteiger partial charge in [0.25, 0.3) is 5.56 Å². The first-order valence-corrected chi connectivity index (χ1v) is 5.62. The maximum absolute atomic E-state index is 11.9. The number of halogens is 1. The summed E-state index contributed by atoms with van der Waals surface area (Å²) in [6.07, 6.45) is 1.42. The molecule has 100 valence electrons. The molecule has 0 aromatic carbocycles. The number of nitrogens with zero attached hydrogens (tertiary/aromatic N) is 3. The summed E-state index contributed by atoms with van der Waals surface area (Å²) in [6, 6.07) is 0. The second kappa shape index (κ2) is 6.36. The minimum Gasteiger partial charge on any atom is -0.468 e. The van der Waals surface area contributed by atoms with E-state index in [2.05, 4.69) is 9.84 Å². The Balaban J connectivity index is 3.05. The summed E-state index contributed by atoms with van der Waals surface area (Å²) in [5.74, 6) is -0.566. The van der Waals surface area contributed by atoms with Crippen LogP contribution >= 0.6 is 11.6 Å². The molecule has 0 aliphatic rings. The molecule has 0 atom stereocenters. The van der Waals surface area contributed by atoms with Gasteiger partial charge in [-0.2, -0.15) is 5.10 Å². The number of carbonyl (C=O) groups excluding carboxylic acids is 1. The second-order valence-electron chi connectivity index (χ2n) is 3.59. The molecule has 0 radical (unpaired) electrons. The van der Waals surface area contributed by atoms with Crippen LogP contribution < -0.4 is 16.2 Å². The first kappa shape index (κ1) is 14.5. The van der Waals surface area contributed by atoms with E-state index in [1.165, 1.54) is 13.3 Å². The van der Waals surface area contributed by atoms with Crippen molar-refractivity contribution in [3.8, 4) is 0 Å². The van der Waals surface area contributed by atoms with Gasteiger partial charge in [-0.25, -0.2) is 4.68 Å². The van der Waals surface area contributed by atoms with Crippen molar-refractivity contribution in [1.29, 1.82) is 0 Å². The van der Waals surface area contributed by atoms with Gasteiger partial charge < -0.3 is 15.4 Å². The average molecular weight is 275 g/mol. The third-order valence-corrected chi connectivity index (χ3v) is 2.70. The van der Waals surface area contributed by atoms with E-state index in [0.29, 0.717) is 18.8 Å². The van der Waals surface area contributed by atoms with Gasteiger partial charge in [-0.3, -0.25) is 9.59 Å². The molecule has 0 saturated heterocycles. The van der Waals surface area contributed by atoms with Gasteiger partial charge in [-0.15, -0.1) is 0 Å². The Labute approximate surface area is 109 Å². The van der Waals surface area contributed by atoms with Gasteiger partial charge in [0.2, 0.25) is 0 Å². The lowest BCUT2D eigenvalue weighted by atomic mass is 10.4. The van der Waals surface area contributed by atoms with Crippen LogP contribution in [0.2, 0.25) is 5.02 Å². The van der Waals surface area contributed by atoms with Crippen molar-refractivity contribution in [3.63, 3.8) is 0 Å². The van der Waals surface area contributed by atoms with Crippen molar-refractivity contribution in [1.82, 2.24) is 9.78 Å². The Morgan fingerprint density at radius 3 is 2.89 bits per heavy atom. The van der Waals surface area contributed by atoms with Gasteiger partial charge in [0, 0.05) is 20.1 Å². The summed E-state index contributed by atoms with van der Waals surface area (Å²) < 4.78 is 5.41. The summed E-state index contributed by atoms with van der Waals surface area (Å²) in [7, 11) is 2.98. The lowest BCUT2D eigenvalue weighted by Gasteiger charge is -2.19. The summed E-state index contributed by atoms with van der Waals surface area (Å²) in [4.78, 5) is 24.6. The zero-order valence-electron chi connectivity index (χ0n) is 10.2. The third kappa shape index (κ3) is 3.21. The maximum Gasteiger partial charge on any atom is 0.327 e. The number of rotatable bonds is 5. The number of hydrogen-bond donors (Lipinski definition) is 1. The molecule has 0 saturated carbocycles. The highest BCUT2D eigenvalue weighted by molar-refractivity contribution is 6.33. The molecule has 0 bridgehead atoms. The predicted octanol–water partition coefficient (Wildman–Crippen LogP) is -0.535. The number of carbonyl (C=O) groups is 1. The molecule has 1 aromatic rings. The molecule has 0 aliphatic heterocycles. The van der Waals surface area contributed by atoms with Gasteiger partial charge in [-0.1, -0.05) is 11.6 Å². The molecular weight excluding hydrogens is 260 g/mol. The molecule has 1 aromatic heterocycles. The summed E-state index contributed by atoms with van der Waals surface area (Å²) in [6.45, 7) is 0.704. The number of aromatic nitrogens is 2. The fourth-order valence-electron chi connectivity index (χ4n) is 1.34. The Morgan fingerprint density at radius 1 is 1.67 bits per heavy atom. The SMILES string of the molecule is COC(=O)Cn1ncc(N(C)CCN)c(Cl)c1=O. The van der Waals surface area contributed by atoms with E-state index in [9.17, 15) is 9.59 Å². The van der Waals surface area contributed by atoms with Crippen LogP contribution in [-0.2, 0) is 16.1 Å².